The summed E-state index contributed by atoms with van der Waals surface area (Å²) in [6.07, 6.45) is 6.13. The molecule has 0 aromatic heterocycles. The fourth-order valence-electron chi connectivity index (χ4n) is 2.53. The first-order valence-corrected chi connectivity index (χ1v) is 7.93. The highest BCUT2D eigenvalue weighted by atomic mass is 35.5. The molecule has 1 aliphatic rings. The summed E-state index contributed by atoms with van der Waals surface area (Å²) >= 11 is 0. The van der Waals surface area contributed by atoms with Crippen LogP contribution in [0.4, 0.5) is 0 Å². The average Bonchev–Trinajstić information content (AvgIpc) is 2.80. The largest absolute Gasteiger partial charge is 0.324 e. The van der Waals surface area contributed by atoms with Gasteiger partial charge in [0.1, 0.15) is 0 Å². The first kappa shape index (κ1) is 15.5. The van der Waals surface area contributed by atoms with E-state index in [2.05, 4.69) is 0 Å². The molecule has 1 aliphatic carbocycles. The molecule has 1 fully saturated rings. The number of hydrogen-bond donors (Lipinski definition) is 1. The minimum atomic E-state index is -3.11. The quantitative estimate of drug-likeness (QED) is 0.931. The third kappa shape index (κ3) is 3.46. The predicted molar refractivity (Wildman–Crippen MR) is 75.7 cm³/mol. The molecule has 0 bridgehead atoms. The van der Waals surface area contributed by atoms with Crippen molar-refractivity contribution in [3.05, 3.63) is 29.8 Å². The molecule has 1 atom stereocenters. The summed E-state index contributed by atoms with van der Waals surface area (Å²) in [5.41, 5.74) is 7.26. The summed E-state index contributed by atoms with van der Waals surface area (Å²) in [6, 6.07) is 7.05. The normalized spacial score (nSPS) is 18.3. The highest BCUT2D eigenvalue weighted by molar-refractivity contribution is 7.90. The molecule has 0 radical (unpaired) electrons. The van der Waals surface area contributed by atoms with Gasteiger partial charge in [-0.1, -0.05) is 25.0 Å². The van der Waals surface area contributed by atoms with E-state index in [9.17, 15) is 8.42 Å². The fourth-order valence-corrected chi connectivity index (χ4v) is 3.16. The van der Waals surface area contributed by atoms with E-state index in [0.717, 1.165) is 5.56 Å². The lowest BCUT2D eigenvalue weighted by Crippen LogP contribution is -2.19. The topological polar surface area (TPSA) is 60.2 Å². The van der Waals surface area contributed by atoms with Crippen LogP contribution in [0.3, 0.4) is 0 Å². The van der Waals surface area contributed by atoms with Crippen molar-refractivity contribution < 1.29 is 8.42 Å². The lowest BCUT2D eigenvalue weighted by atomic mass is 9.93. The Hall–Kier alpha value is -0.580. The van der Waals surface area contributed by atoms with E-state index in [1.165, 1.54) is 31.9 Å². The van der Waals surface area contributed by atoms with Gasteiger partial charge in [-0.3, -0.25) is 0 Å². The summed E-state index contributed by atoms with van der Waals surface area (Å²) in [4.78, 5) is 0.361. The van der Waals surface area contributed by atoms with Crippen LogP contribution in [0, 0.1) is 5.92 Å². The molecule has 0 saturated heterocycles. The number of nitrogens with two attached hydrogens (primary N) is 1. The standard InChI is InChI=1S/C13H19NO2S.ClH/c1-17(15,16)12-8-6-11(7-9-12)13(14)10-4-2-3-5-10;/h6-10,13H,2-5,14H2,1H3;1H/t13-;/m1./s1. The Kier molecular flexibility index (Phi) is 5.20. The number of hydrogen-bond acceptors (Lipinski definition) is 3. The molecule has 2 N–H and O–H groups in total. The highest BCUT2D eigenvalue weighted by Crippen LogP contribution is 2.34. The van der Waals surface area contributed by atoms with E-state index in [1.54, 1.807) is 12.1 Å². The first-order valence-electron chi connectivity index (χ1n) is 6.04. The van der Waals surface area contributed by atoms with E-state index in [0.29, 0.717) is 10.8 Å². The third-order valence-corrected chi connectivity index (χ3v) is 4.73. The van der Waals surface area contributed by atoms with Gasteiger partial charge in [0, 0.05) is 12.3 Å². The minimum Gasteiger partial charge on any atom is -0.324 e. The van der Waals surface area contributed by atoms with Crippen molar-refractivity contribution in [1.29, 1.82) is 0 Å². The van der Waals surface area contributed by atoms with Crippen LogP contribution >= 0.6 is 12.4 Å². The Morgan fingerprint density at radius 1 is 1.17 bits per heavy atom. The SMILES string of the molecule is CS(=O)(=O)c1ccc([C@H](N)C2CCCC2)cc1.Cl. The molecule has 2 rings (SSSR count). The molecule has 0 amide bonds. The van der Waals surface area contributed by atoms with Crippen molar-refractivity contribution in [2.45, 2.75) is 36.6 Å². The van der Waals surface area contributed by atoms with Crippen LogP contribution < -0.4 is 5.73 Å². The third-order valence-electron chi connectivity index (χ3n) is 3.60. The van der Waals surface area contributed by atoms with E-state index >= 15 is 0 Å². The van der Waals surface area contributed by atoms with Crippen molar-refractivity contribution in [1.82, 2.24) is 0 Å². The van der Waals surface area contributed by atoms with Crippen LogP contribution in [0.25, 0.3) is 0 Å². The summed E-state index contributed by atoms with van der Waals surface area (Å²) in [5.74, 6) is 0.555. The fraction of sp³-hybridized carbons (Fsp3) is 0.538. The van der Waals surface area contributed by atoms with E-state index in [4.69, 9.17) is 5.73 Å². The second kappa shape index (κ2) is 6.04. The predicted octanol–water partition coefficient (Wildman–Crippen LogP) is 2.70. The van der Waals surface area contributed by atoms with Crippen molar-refractivity contribution in [3.8, 4) is 0 Å². The summed E-state index contributed by atoms with van der Waals surface area (Å²) in [6.45, 7) is 0. The molecule has 0 heterocycles. The van der Waals surface area contributed by atoms with Gasteiger partial charge in [0.25, 0.3) is 0 Å². The Morgan fingerprint density at radius 2 is 1.67 bits per heavy atom. The number of halogens is 1. The second-order valence-electron chi connectivity index (χ2n) is 4.91. The highest BCUT2D eigenvalue weighted by Gasteiger charge is 2.23. The summed E-state index contributed by atoms with van der Waals surface area (Å²) in [7, 11) is -3.11. The summed E-state index contributed by atoms with van der Waals surface area (Å²) in [5, 5.41) is 0. The van der Waals surface area contributed by atoms with Crippen molar-refractivity contribution in [2.24, 2.45) is 11.7 Å². The van der Waals surface area contributed by atoms with Gasteiger partial charge in [-0.2, -0.15) is 0 Å². The van der Waals surface area contributed by atoms with Gasteiger partial charge in [-0.25, -0.2) is 8.42 Å². The zero-order valence-electron chi connectivity index (χ0n) is 10.5. The van der Waals surface area contributed by atoms with Crippen LogP contribution in [-0.2, 0) is 9.84 Å². The molecule has 1 aromatic rings. The average molecular weight is 290 g/mol. The van der Waals surface area contributed by atoms with Gasteiger partial charge in [-0.05, 0) is 36.5 Å². The minimum absolute atomic E-state index is 0. The molecule has 3 nitrogen and oxygen atoms in total. The van der Waals surface area contributed by atoms with Gasteiger partial charge in [-0.15, -0.1) is 12.4 Å². The summed E-state index contributed by atoms with van der Waals surface area (Å²) < 4.78 is 22.7. The molecule has 0 unspecified atom stereocenters. The monoisotopic (exact) mass is 289 g/mol. The lowest BCUT2D eigenvalue weighted by molar-refractivity contribution is 0.445. The van der Waals surface area contributed by atoms with Crippen LogP contribution in [0.15, 0.2) is 29.2 Å². The maximum atomic E-state index is 11.3. The van der Waals surface area contributed by atoms with Crippen molar-refractivity contribution >= 4 is 22.2 Å². The molecule has 0 aliphatic heterocycles. The number of rotatable bonds is 3. The molecular formula is C13H20ClNO2S. The number of benzene rings is 1. The van der Waals surface area contributed by atoms with Crippen LogP contribution in [-0.4, -0.2) is 14.7 Å². The second-order valence-corrected chi connectivity index (χ2v) is 6.93. The molecule has 1 saturated carbocycles. The molecule has 102 valence electrons. The van der Waals surface area contributed by atoms with Crippen LogP contribution in [0.1, 0.15) is 37.3 Å². The Morgan fingerprint density at radius 3 is 2.11 bits per heavy atom. The van der Waals surface area contributed by atoms with Gasteiger partial charge in [0.05, 0.1) is 4.90 Å². The van der Waals surface area contributed by atoms with Gasteiger partial charge in [0.2, 0.25) is 0 Å². The zero-order valence-corrected chi connectivity index (χ0v) is 12.1. The van der Waals surface area contributed by atoms with Crippen molar-refractivity contribution in [3.63, 3.8) is 0 Å². The van der Waals surface area contributed by atoms with Gasteiger partial charge < -0.3 is 5.73 Å². The van der Waals surface area contributed by atoms with Crippen LogP contribution in [0.5, 0.6) is 0 Å². The molecule has 0 spiro atoms. The molecule has 5 heteroatoms. The van der Waals surface area contributed by atoms with Crippen molar-refractivity contribution in [2.75, 3.05) is 6.26 Å². The van der Waals surface area contributed by atoms with Gasteiger partial charge >= 0.3 is 0 Å². The van der Waals surface area contributed by atoms with E-state index < -0.39 is 9.84 Å². The Balaban J connectivity index is 0.00000162. The Labute approximate surface area is 115 Å². The van der Waals surface area contributed by atoms with Crippen LogP contribution in [0.2, 0.25) is 0 Å². The smallest absolute Gasteiger partial charge is 0.175 e. The molecule has 1 aromatic carbocycles. The molecular weight excluding hydrogens is 270 g/mol. The number of sulfone groups is 1. The zero-order chi connectivity index (χ0) is 12.5. The maximum Gasteiger partial charge on any atom is 0.175 e. The van der Waals surface area contributed by atoms with Gasteiger partial charge in [0.15, 0.2) is 9.84 Å². The lowest BCUT2D eigenvalue weighted by Gasteiger charge is -2.19. The maximum absolute atomic E-state index is 11.3. The Bertz CT molecular complexity index is 478. The van der Waals surface area contributed by atoms with E-state index in [-0.39, 0.29) is 18.4 Å². The van der Waals surface area contributed by atoms with E-state index in [1.807, 2.05) is 12.1 Å². The molecule has 18 heavy (non-hydrogen) atoms. The first-order chi connectivity index (χ1) is 7.98.